The van der Waals surface area contributed by atoms with Gasteiger partial charge in [-0.3, -0.25) is 4.79 Å². The van der Waals surface area contributed by atoms with Crippen LogP contribution in [0.1, 0.15) is 43.6 Å². The monoisotopic (exact) mass is 405 g/mol. The number of benzene rings is 1. The molecule has 2 rings (SSSR count). The molecular weight excluding hydrogens is 382 g/mol. The standard InChI is InChI=1S/C20H23NO6S/c1-6-26-19(23)16-13(4)17(20(24)25-5)28-18(16)21-15(22)10-27-14-9-7-8-11(2)12(14)3/h7-9H,6,10H2,1-5H3,(H,21,22). The first-order valence-corrected chi connectivity index (χ1v) is 9.49. The number of amides is 1. The minimum Gasteiger partial charge on any atom is -0.483 e. The van der Waals surface area contributed by atoms with Gasteiger partial charge >= 0.3 is 11.9 Å². The van der Waals surface area contributed by atoms with Gasteiger partial charge in [0.2, 0.25) is 0 Å². The number of aryl methyl sites for hydroxylation is 1. The number of hydrogen-bond acceptors (Lipinski definition) is 7. The number of esters is 2. The number of ether oxygens (including phenoxy) is 3. The quantitative estimate of drug-likeness (QED) is 0.707. The summed E-state index contributed by atoms with van der Waals surface area (Å²) in [6.45, 7) is 7.08. The molecule has 1 aromatic heterocycles. The average molecular weight is 405 g/mol. The van der Waals surface area contributed by atoms with Gasteiger partial charge in [0.1, 0.15) is 15.6 Å². The van der Waals surface area contributed by atoms with E-state index in [9.17, 15) is 14.4 Å². The molecule has 2 aromatic rings. The van der Waals surface area contributed by atoms with Crippen LogP contribution < -0.4 is 10.1 Å². The molecule has 0 radical (unpaired) electrons. The Morgan fingerprint density at radius 3 is 2.43 bits per heavy atom. The van der Waals surface area contributed by atoms with Crippen LogP contribution in [0.3, 0.4) is 0 Å². The first kappa shape index (κ1) is 21.4. The van der Waals surface area contributed by atoms with Crippen LogP contribution in [-0.2, 0) is 14.3 Å². The summed E-state index contributed by atoms with van der Waals surface area (Å²) >= 11 is 0.966. The van der Waals surface area contributed by atoms with Crippen molar-refractivity contribution in [1.29, 1.82) is 0 Å². The lowest BCUT2D eigenvalue weighted by molar-refractivity contribution is -0.118. The van der Waals surface area contributed by atoms with Crippen molar-refractivity contribution in [2.75, 3.05) is 25.6 Å². The zero-order valence-electron chi connectivity index (χ0n) is 16.5. The summed E-state index contributed by atoms with van der Waals surface area (Å²) in [5.74, 6) is -1.04. The van der Waals surface area contributed by atoms with Crippen LogP contribution in [-0.4, -0.2) is 38.2 Å². The van der Waals surface area contributed by atoms with E-state index >= 15 is 0 Å². The van der Waals surface area contributed by atoms with Crippen molar-refractivity contribution in [3.8, 4) is 5.75 Å². The summed E-state index contributed by atoms with van der Waals surface area (Å²) in [7, 11) is 1.25. The molecular formula is C20H23NO6S. The first-order chi connectivity index (χ1) is 13.3. The molecule has 0 aliphatic heterocycles. The van der Waals surface area contributed by atoms with Crippen molar-refractivity contribution in [3.63, 3.8) is 0 Å². The molecule has 1 amide bonds. The molecule has 1 N–H and O–H groups in total. The van der Waals surface area contributed by atoms with E-state index < -0.39 is 17.8 Å². The summed E-state index contributed by atoms with van der Waals surface area (Å²) in [5, 5.41) is 2.87. The highest BCUT2D eigenvalue weighted by Gasteiger charge is 2.27. The van der Waals surface area contributed by atoms with Crippen molar-refractivity contribution in [2.24, 2.45) is 0 Å². The fourth-order valence-corrected chi connectivity index (χ4v) is 3.65. The second-order valence-electron chi connectivity index (χ2n) is 6.01. The van der Waals surface area contributed by atoms with Gasteiger partial charge in [0, 0.05) is 0 Å². The second-order valence-corrected chi connectivity index (χ2v) is 7.03. The second kappa shape index (κ2) is 9.36. The van der Waals surface area contributed by atoms with Crippen LogP contribution in [0.5, 0.6) is 5.75 Å². The minimum absolute atomic E-state index is 0.146. The molecule has 1 aromatic carbocycles. The van der Waals surface area contributed by atoms with E-state index in [0.29, 0.717) is 11.3 Å². The third-order valence-electron chi connectivity index (χ3n) is 4.16. The van der Waals surface area contributed by atoms with E-state index in [1.807, 2.05) is 26.0 Å². The lowest BCUT2D eigenvalue weighted by Crippen LogP contribution is -2.21. The maximum Gasteiger partial charge on any atom is 0.348 e. The van der Waals surface area contributed by atoms with Crippen LogP contribution in [0, 0.1) is 20.8 Å². The van der Waals surface area contributed by atoms with Gasteiger partial charge in [0.25, 0.3) is 5.91 Å². The molecule has 0 bridgehead atoms. The lowest BCUT2D eigenvalue weighted by Gasteiger charge is -2.11. The predicted octanol–water partition coefficient (Wildman–Crippen LogP) is 3.65. The van der Waals surface area contributed by atoms with Crippen LogP contribution in [0.2, 0.25) is 0 Å². The van der Waals surface area contributed by atoms with Gasteiger partial charge < -0.3 is 19.5 Å². The van der Waals surface area contributed by atoms with Gasteiger partial charge in [0.15, 0.2) is 6.61 Å². The predicted molar refractivity (Wildman–Crippen MR) is 106 cm³/mol. The topological polar surface area (TPSA) is 90.9 Å². The number of thiophene rings is 1. The Morgan fingerprint density at radius 1 is 1.07 bits per heavy atom. The molecule has 0 fully saturated rings. The molecule has 0 spiro atoms. The molecule has 8 heteroatoms. The summed E-state index contributed by atoms with van der Waals surface area (Å²) in [6, 6.07) is 5.58. The molecule has 0 unspecified atom stereocenters. The zero-order chi connectivity index (χ0) is 20.8. The number of carbonyl (C=O) groups excluding carboxylic acids is 3. The molecule has 150 valence electrons. The molecule has 0 aliphatic carbocycles. The largest absolute Gasteiger partial charge is 0.483 e. The third kappa shape index (κ3) is 4.69. The Bertz CT molecular complexity index is 902. The molecule has 0 atom stereocenters. The van der Waals surface area contributed by atoms with E-state index in [1.165, 1.54) is 7.11 Å². The van der Waals surface area contributed by atoms with Gasteiger partial charge in [0.05, 0.1) is 19.3 Å². The Balaban J connectivity index is 2.21. The molecule has 1 heterocycles. The number of anilines is 1. The molecule has 0 saturated carbocycles. The van der Waals surface area contributed by atoms with Gasteiger partial charge in [-0.2, -0.15) is 0 Å². The van der Waals surface area contributed by atoms with Crippen LogP contribution >= 0.6 is 11.3 Å². The number of nitrogens with one attached hydrogen (secondary N) is 1. The summed E-state index contributed by atoms with van der Waals surface area (Å²) < 4.78 is 15.4. The average Bonchev–Trinajstić information content (AvgIpc) is 2.98. The minimum atomic E-state index is -0.614. The van der Waals surface area contributed by atoms with E-state index in [0.717, 1.165) is 22.5 Å². The van der Waals surface area contributed by atoms with Crippen molar-refractivity contribution >= 4 is 34.2 Å². The highest BCUT2D eigenvalue weighted by Crippen LogP contribution is 2.34. The third-order valence-corrected chi connectivity index (χ3v) is 5.35. The lowest BCUT2D eigenvalue weighted by atomic mass is 10.1. The maximum absolute atomic E-state index is 12.4. The van der Waals surface area contributed by atoms with Crippen molar-refractivity contribution in [2.45, 2.75) is 27.7 Å². The zero-order valence-corrected chi connectivity index (χ0v) is 17.3. The normalized spacial score (nSPS) is 10.3. The fourth-order valence-electron chi connectivity index (χ4n) is 2.52. The Kier molecular flexibility index (Phi) is 7.17. The van der Waals surface area contributed by atoms with E-state index in [1.54, 1.807) is 19.9 Å². The summed E-state index contributed by atoms with van der Waals surface area (Å²) in [6.07, 6.45) is 0. The highest BCUT2D eigenvalue weighted by molar-refractivity contribution is 7.18. The van der Waals surface area contributed by atoms with Crippen molar-refractivity contribution in [3.05, 3.63) is 45.3 Å². The van der Waals surface area contributed by atoms with Crippen molar-refractivity contribution in [1.82, 2.24) is 0 Å². The van der Waals surface area contributed by atoms with Gasteiger partial charge in [-0.1, -0.05) is 12.1 Å². The Labute approximate surface area is 167 Å². The fraction of sp³-hybridized carbons (Fsp3) is 0.350. The molecule has 0 aliphatic rings. The Hall–Kier alpha value is -2.87. The van der Waals surface area contributed by atoms with Crippen LogP contribution in [0.25, 0.3) is 0 Å². The SMILES string of the molecule is CCOC(=O)c1c(NC(=O)COc2cccc(C)c2C)sc(C(=O)OC)c1C. The number of methoxy groups -OCH3 is 1. The first-order valence-electron chi connectivity index (χ1n) is 8.67. The number of carbonyl (C=O) groups is 3. The van der Waals surface area contributed by atoms with Gasteiger partial charge in [-0.15, -0.1) is 11.3 Å². The number of rotatable bonds is 7. The van der Waals surface area contributed by atoms with E-state index in [-0.39, 0.29) is 28.7 Å². The molecule has 7 nitrogen and oxygen atoms in total. The summed E-state index contributed by atoms with van der Waals surface area (Å²) in [4.78, 5) is 36.9. The molecule has 28 heavy (non-hydrogen) atoms. The maximum atomic E-state index is 12.4. The molecule has 0 saturated heterocycles. The van der Waals surface area contributed by atoms with Crippen LogP contribution in [0.15, 0.2) is 18.2 Å². The number of hydrogen-bond donors (Lipinski definition) is 1. The summed E-state index contributed by atoms with van der Waals surface area (Å²) in [5.41, 5.74) is 2.55. The van der Waals surface area contributed by atoms with Crippen molar-refractivity contribution < 1.29 is 28.6 Å². The van der Waals surface area contributed by atoms with Gasteiger partial charge in [-0.05, 0) is 50.5 Å². The Morgan fingerprint density at radius 2 is 1.79 bits per heavy atom. The van der Waals surface area contributed by atoms with Gasteiger partial charge in [-0.25, -0.2) is 9.59 Å². The highest BCUT2D eigenvalue weighted by atomic mass is 32.1. The van der Waals surface area contributed by atoms with E-state index in [2.05, 4.69) is 5.32 Å². The van der Waals surface area contributed by atoms with Crippen LogP contribution in [0.4, 0.5) is 5.00 Å². The van der Waals surface area contributed by atoms with E-state index in [4.69, 9.17) is 14.2 Å². The smallest absolute Gasteiger partial charge is 0.348 e.